The van der Waals surface area contributed by atoms with Crippen molar-refractivity contribution >= 4 is 5.82 Å². The molecular formula is C16H25N3O2. The van der Waals surface area contributed by atoms with Crippen molar-refractivity contribution < 1.29 is 9.47 Å². The van der Waals surface area contributed by atoms with Gasteiger partial charge in [0.1, 0.15) is 11.4 Å². The lowest BCUT2D eigenvalue weighted by molar-refractivity contribution is -0.1000. The molecule has 1 aliphatic carbocycles. The maximum atomic E-state index is 5.85. The summed E-state index contributed by atoms with van der Waals surface area (Å²) in [5.41, 5.74) is 0.785. The van der Waals surface area contributed by atoms with Crippen LogP contribution in [0.1, 0.15) is 56.5 Å². The lowest BCUT2D eigenvalue weighted by Crippen LogP contribution is -2.37. The molecule has 5 heteroatoms. The zero-order valence-electron chi connectivity index (χ0n) is 13.0. The van der Waals surface area contributed by atoms with Crippen LogP contribution in [0.5, 0.6) is 0 Å². The highest BCUT2D eigenvalue weighted by Crippen LogP contribution is 2.41. The van der Waals surface area contributed by atoms with E-state index in [4.69, 9.17) is 19.4 Å². The van der Waals surface area contributed by atoms with Crippen LogP contribution in [0.3, 0.4) is 0 Å². The van der Waals surface area contributed by atoms with Crippen LogP contribution in [0.4, 0.5) is 5.82 Å². The molecule has 116 valence electrons. The molecular weight excluding hydrogens is 266 g/mol. The molecule has 2 fully saturated rings. The number of hydrogen-bond donors (Lipinski definition) is 1. The molecule has 0 spiro atoms. The van der Waals surface area contributed by atoms with Gasteiger partial charge >= 0.3 is 0 Å². The van der Waals surface area contributed by atoms with E-state index in [1.165, 1.54) is 18.5 Å². The molecule has 3 rings (SSSR count). The van der Waals surface area contributed by atoms with Crippen LogP contribution in [-0.4, -0.2) is 36.8 Å². The minimum Gasteiger partial charge on any atom is -0.381 e. The van der Waals surface area contributed by atoms with Gasteiger partial charge in [0.25, 0.3) is 0 Å². The SMILES string of the molecule is CCCNc1cc(C2CC2)nc(C2(OC)CCOCC2)n1. The lowest BCUT2D eigenvalue weighted by Gasteiger charge is -2.34. The second-order valence-electron chi connectivity index (χ2n) is 6.01. The van der Waals surface area contributed by atoms with Crippen LogP contribution in [-0.2, 0) is 15.1 Å². The molecule has 0 radical (unpaired) electrons. The number of ether oxygens (including phenoxy) is 2. The summed E-state index contributed by atoms with van der Waals surface area (Å²) in [7, 11) is 1.76. The Morgan fingerprint density at radius 3 is 2.71 bits per heavy atom. The Kier molecular flexibility index (Phi) is 4.40. The van der Waals surface area contributed by atoms with Crippen LogP contribution < -0.4 is 5.32 Å². The first-order chi connectivity index (χ1) is 10.3. The second-order valence-corrected chi connectivity index (χ2v) is 6.01. The van der Waals surface area contributed by atoms with Gasteiger partial charge in [0.05, 0.1) is 0 Å². The molecule has 21 heavy (non-hydrogen) atoms. The summed E-state index contributed by atoms with van der Waals surface area (Å²) in [6.07, 6.45) is 5.22. The molecule has 1 saturated heterocycles. The second kappa shape index (κ2) is 6.28. The van der Waals surface area contributed by atoms with Gasteiger partial charge in [-0.05, 0) is 19.3 Å². The molecule has 0 atom stereocenters. The first-order valence-corrected chi connectivity index (χ1v) is 8.03. The number of methoxy groups -OCH3 is 1. The molecule has 1 aliphatic heterocycles. The van der Waals surface area contributed by atoms with E-state index in [2.05, 4.69) is 18.3 Å². The molecule has 1 saturated carbocycles. The van der Waals surface area contributed by atoms with E-state index in [1.54, 1.807) is 7.11 Å². The fourth-order valence-corrected chi connectivity index (χ4v) is 2.82. The zero-order valence-corrected chi connectivity index (χ0v) is 13.0. The van der Waals surface area contributed by atoms with Gasteiger partial charge in [0, 0.05) is 57.4 Å². The normalized spacial score (nSPS) is 21.2. The van der Waals surface area contributed by atoms with Crippen LogP contribution in [0, 0.1) is 0 Å². The molecule has 1 aromatic heterocycles. The number of hydrogen-bond acceptors (Lipinski definition) is 5. The van der Waals surface area contributed by atoms with Crippen molar-refractivity contribution in [1.29, 1.82) is 0 Å². The minimum absolute atomic E-state index is 0.383. The van der Waals surface area contributed by atoms with E-state index in [9.17, 15) is 0 Å². The number of nitrogens with zero attached hydrogens (tertiary/aromatic N) is 2. The van der Waals surface area contributed by atoms with Crippen molar-refractivity contribution in [3.05, 3.63) is 17.6 Å². The monoisotopic (exact) mass is 291 g/mol. The first kappa shape index (κ1) is 14.7. The average molecular weight is 291 g/mol. The van der Waals surface area contributed by atoms with Gasteiger partial charge in [-0.1, -0.05) is 6.92 Å². The highest BCUT2D eigenvalue weighted by molar-refractivity contribution is 5.39. The van der Waals surface area contributed by atoms with E-state index in [-0.39, 0.29) is 5.60 Å². The summed E-state index contributed by atoms with van der Waals surface area (Å²) < 4.78 is 11.3. The van der Waals surface area contributed by atoms with E-state index in [0.717, 1.165) is 37.4 Å². The van der Waals surface area contributed by atoms with Gasteiger partial charge in [0.2, 0.25) is 0 Å². The summed E-state index contributed by atoms with van der Waals surface area (Å²) in [5.74, 6) is 2.38. The van der Waals surface area contributed by atoms with E-state index >= 15 is 0 Å². The number of aromatic nitrogens is 2. The predicted molar refractivity (Wildman–Crippen MR) is 81.5 cm³/mol. The van der Waals surface area contributed by atoms with Crippen LogP contribution in [0.15, 0.2) is 6.07 Å². The van der Waals surface area contributed by atoms with Gasteiger partial charge in [-0.3, -0.25) is 0 Å². The Balaban J connectivity index is 1.93. The number of nitrogens with one attached hydrogen (secondary N) is 1. The predicted octanol–water partition coefficient (Wildman–Crippen LogP) is 2.83. The molecule has 0 bridgehead atoms. The summed E-state index contributed by atoms with van der Waals surface area (Å²) >= 11 is 0. The molecule has 5 nitrogen and oxygen atoms in total. The standard InChI is InChI=1S/C16H25N3O2/c1-3-8-17-14-11-13(12-4-5-12)18-15(19-14)16(20-2)6-9-21-10-7-16/h11-12H,3-10H2,1-2H3,(H,17,18,19). The van der Waals surface area contributed by atoms with Gasteiger partial charge in [-0.2, -0.15) is 0 Å². The number of anilines is 1. The molecule has 1 N–H and O–H groups in total. The third-order valence-corrected chi connectivity index (χ3v) is 4.40. The Hall–Kier alpha value is -1.20. The van der Waals surface area contributed by atoms with Gasteiger partial charge in [-0.25, -0.2) is 9.97 Å². The Labute approximate surface area is 126 Å². The third kappa shape index (κ3) is 3.19. The summed E-state index contributed by atoms with van der Waals surface area (Å²) in [6.45, 7) is 4.51. The Morgan fingerprint density at radius 1 is 1.33 bits per heavy atom. The number of rotatable bonds is 6. The maximum absolute atomic E-state index is 5.85. The summed E-state index contributed by atoms with van der Waals surface area (Å²) in [6, 6.07) is 2.11. The molecule has 1 aromatic rings. The van der Waals surface area contributed by atoms with Crippen LogP contribution in [0.25, 0.3) is 0 Å². The Morgan fingerprint density at radius 2 is 2.10 bits per heavy atom. The summed E-state index contributed by atoms with van der Waals surface area (Å²) in [5, 5.41) is 3.40. The molecule has 2 heterocycles. The average Bonchev–Trinajstić information content (AvgIpc) is 3.38. The minimum atomic E-state index is -0.383. The van der Waals surface area contributed by atoms with Crippen molar-refractivity contribution in [1.82, 2.24) is 9.97 Å². The fourth-order valence-electron chi connectivity index (χ4n) is 2.82. The van der Waals surface area contributed by atoms with Crippen LogP contribution >= 0.6 is 0 Å². The fraction of sp³-hybridized carbons (Fsp3) is 0.750. The topological polar surface area (TPSA) is 56.3 Å². The molecule has 0 unspecified atom stereocenters. The zero-order chi connectivity index (χ0) is 14.7. The van der Waals surface area contributed by atoms with E-state index < -0.39 is 0 Å². The largest absolute Gasteiger partial charge is 0.381 e. The lowest BCUT2D eigenvalue weighted by atomic mass is 9.92. The molecule has 0 amide bonds. The Bertz CT molecular complexity index is 482. The van der Waals surface area contributed by atoms with Crippen LogP contribution in [0.2, 0.25) is 0 Å². The first-order valence-electron chi connectivity index (χ1n) is 8.03. The third-order valence-electron chi connectivity index (χ3n) is 4.40. The molecule has 0 aromatic carbocycles. The van der Waals surface area contributed by atoms with Crippen molar-refractivity contribution in [2.24, 2.45) is 0 Å². The van der Waals surface area contributed by atoms with Crippen molar-refractivity contribution in [3.8, 4) is 0 Å². The highest BCUT2D eigenvalue weighted by Gasteiger charge is 2.39. The molecule has 2 aliphatic rings. The summed E-state index contributed by atoms with van der Waals surface area (Å²) in [4.78, 5) is 9.58. The van der Waals surface area contributed by atoms with Gasteiger partial charge in [-0.15, -0.1) is 0 Å². The smallest absolute Gasteiger partial charge is 0.163 e. The van der Waals surface area contributed by atoms with E-state index in [0.29, 0.717) is 19.1 Å². The van der Waals surface area contributed by atoms with Gasteiger partial charge in [0.15, 0.2) is 5.82 Å². The van der Waals surface area contributed by atoms with Crippen molar-refractivity contribution in [3.63, 3.8) is 0 Å². The highest BCUT2D eigenvalue weighted by atomic mass is 16.5. The quantitative estimate of drug-likeness (QED) is 0.873. The van der Waals surface area contributed by atoms with Crippen molar-refractivity contribution in [2.45, 2.75) is 50.5 Å². The maximum Gasteiger partial charge on any atom is 0.163 e. The van der Waals surface area contributed by atoms with E-state index in [1.807, 2.05) is 0 Å². The van der Waals surface area contributed by atoms with Crippen molar-refractivity contribution in [2.75, 3.05) is 32.2 Å². The van der Waals surface area contributed by atoms with Gasteiger partial charge < -0.3 is 14.8 Å².